The molecule has 1 N–H and O–H groups in total. The smallest absolute Gasteiger partial charge is 0.257 e. The Kier molecular flexibility index (Phi) is 6.15. The molecule has 0 unspecified atom stereocenters. The zero-order chi connectivity index (χ0) is 19.6. The fourth-order valence-electron chi connectivity index (χ4n) is 2.33. The first-order chi connectivity index (χ1) is 12.0. The third-order valence-electron chi connectivity index (χ3n) is 3.91. The van der Waals surface area contributed by atoms with Crippen LogP contribution in [0.5, 0.6) is 0 Å². The molecule has 26 heavy (non-hydrogen) atoms. The number of rotatable bonds is 6. The predicted molar refractivity (Wildman–Crippen MR) is 103 cm³/mol. The average Bonchev–Trinajstić information content (AvgIpc) is 2.95. The third kappa shape index (κ3) is 4.46. The second-order valence-electron chi connectivity index (χ2n) is 6.76. The lowest BCUT2D eigenvalue weighted by Crippen LogP contribution is -2.24. The molecule has 2 rings (SSSR count). The van der Waals surface area contributed by atoms with E-state index in [4.69, 9.17) is 0 Å². The van der Waals surface area contributed by atoms with Crippen LogP contribution in [-0.2, 0) is 16.4 Å². The van der Waals surface area contributed by atoms with E-state index in [0.717, 1.165) is 21.3 Å². The number of anilines is 1. The van der Waals surface area contributed by atoms with E-state index in [2.05, 4.69) is 29.4 Å². The first-order valence-electron chi connectivity index (χ1n) is 8.20. The number of carbonyl (C=O) groups is 1. The lowest BCUT2D eigenvalue weighted by Gasteiger charge is -2.16. The summed E-state index contributed by atoms with van der Waals surface area (Å²) in [5.74, 6) is 0.0422. The molecule has 9 heteroatoms. The minimum atomic E-state index is -3.64. The van der Waals surface area contributed by atoms with Crippen LogP contribution in [-0.4, -0.2) is 42.9 Å². The lowest BCUT2D eigenvalue weighted by atomic mass is 10.1. The van der Waals surface area contributed by atoms with Gasteiger partial charge in [0.05, 0.1) is 4.90 Å². The summed E-state index contributed by atoms with van der Waals surface area (Å²) in [6.45, 7) is 7.69. The van der Waals surface area contributed by atoms with Crippen molar-refractivity contribution in [2.24, 2.45) is 5.92 Å². The van der Waals surface area contributed by atoms with Crippen molar-refractivity contribution in [1.29, 1.82) is 0 Å². The van der Waals surface area contributed by atoms with Crippen molar-refractivity contribution in [3.8, 4) is 0 Å². The van der Waals surface area contributed by atoms with E-state index in [9.17, 15) is 13.2 Å². The summed E-state index contributed by atoms with van der Waals surface area (Å²) < 4.78 is 26.2. The summed E-state index contributed by atoms with van der Waals surface area (Å²) >= 11 is 1.33. The molecule has 0 saturated carbocycles. The molecule has 0 atom stereocenters. The second kappa shape index (κ2) is 7.81. The molecular formula is C17H24N4O3S2. The minimum Gasteiger partial charge on any atom is -0.296 e. The summed E-state index contributed by atoms with van der Waals surface area (Å²) in [6.07, 6.45) is 0.794. The fourth-order valence-corrected chi connectivity index (χ4v) is 4.49. The number of hydrogen-bond donors (Lipinski definition) is 1. The molecule has 7 nitrogen and oxygen atoms in total. The summed E-state index contributed by atoms with van der Waals surface area (Å²) in [7, 11) is -0.707. The van der Waals surface area contributed by atoms with Crippen LogP contribution in [0.1, 0.15) is 40.3 Å². The molecule has 0 radical (unpaired) electrons. The van der Waals surface area contributed by atoms with Gasteiger partial charge >= 0.3 is 0 Å². The molecule has 0 bridgehead atoms. The topological polar surface area (TPSA) is 92.3 Å². The van der Waals surface area contributed by atoms with Gasteiger partial charge in [0.15, 0.2) is 0 Å². The van der Waals surface area contributed by atoms with Crippen molar-refractivity contribution in [2.45, 2.75) is 39.0 Å². The monoisotopic (exact) mass is 396 g/mol. The molecule has 2 aromatic rings. The highest BCUT2D eigenvalue weighted by Gasteiger charge is 2.23. The maximum atomic E-state index is 12.6. The Bertz CT molecular complexity index is 918. The van der Waals surface area contributed by atoms with Crippen LogP contribution in [0.15, 0.2) is 17.0 Å². The minimum absolute atomic E-state index is 0.130. The Balaban J connectivity index is 2.32. The Morgan fingerprint density at radius 2 is 1.88 bits per heavy atom. The molecule has 0 aliphatic carbocycles. The average molecular weight is 397 g/mol. The number of nitrogens with one attached hydrogen (secondary N) is 1. The normalized spacial score (nSPS) is 12.0. The second-order valence-corrected chi connectivity index (χ2v) is 9.94. The number of carbonyl (C=O) groups excluding carboxylic acids is 1. The maximum absolute atomic E-state index is 12.6. The summed E-state index contributed by atoms with van der Waals surface area (Å²) in [5, 5.41) is 12.0. The highest BCUT2D eigenvalue weighted by Crippen LogP contribution is 2.24. The molecule has 0 fully saturated rings. The third-order valence-corrected chi connectivity index (χ3v) is 6.71. The van der Waals surface area contributed by atoms with E-state index in [0.29, 0.717) is 16.6 Å². The van der Waals surface area contributed by atoms with E-state index >= 15 is 0 Å². The quantitative estimate of drug-likeness (QED) is 0.810. The van der Waals surface area contributed by atoms with E-state index in [1.165, 1.54) is 31.5 Å². The predicted octanol–water partition coefficient (Wildman–Crippen LogP) is 2.86. The molecule has 142 valence electrons. The number of nitrogens with zero attached hydrogens (tertiary/aromatic N) is 3. The van der Waals surface area contributed by atoms with Crippen molar-refractivity contribution in [3.05, 3.63) is 33.8 Å². The molecule has 0 aliphatic heterocycles. The van der Waals surface area contributed by atoms with Gasteiger partial charge in [-0.3, -0.25) is 10.1 Å². The Morgan fingerprint density at radius 1 is 1.23 bits per heavy atom. The van der Waals surface area contributed by atoms with Crippen molar-refractivity contribution >= 4 is 32.4 Å². The first kappa shape index (κ1) is 20.5. The molecular weight excluding hydrogens is 372 g/mol. The van der Waals surface area contributed by atoms with Gasteiger partial charge in [0.1, 0.15) is 5.01 Å². The van der Waals surface area contributed by atoms with Crippen LogP contribution in [0.2, 0.25) is 0 Å². The molecule has 1 heterocycles. The molecule has 0 spiro atoms. The van der Waals surface area contributed by atoms with Gasteiger partial charge in [-0.2, -0.15) is 0 Å². The van der Waals surface area contributed by atoms with Crippen LogP contribution in [0, 0.1) is 19.8 Å². The number of hydrogen-bond acceptors (Lipinski definition) is 6. The van der Waals surface area contributed by atoms with Gasteiger partial charge in [0, 0.05) is 26.1 Å². The molecule has 1 aromatic carbocycles. The van der Waals surface area contributed by atoms with Crippen molar-refractivity contribution in [3.63, 3.8) is 0 Å². The van der Waals surface area contributed by atoms with Crippen LogP contribution in [0.3, 0.4) is 0 Å². The van der Waals surface area contributed by atoms with Crippen LogP contribution in [0.4, 0.5) is 5.13 Å². The van der Waals surface area contributed by atoms with Crippen LogP contribution in [0.25, 0.3) is 0 Å². The van der Waals surface area contributed by atoms with Crippen LogP contribution >= 0.6 is 11.3 Å². The number of aryl methyl sites for hydroxylation is 1. The number of amides is 1. The van der Waals surface area contributed by atoms with E-state index in [-0.39, 0.29) is 10.5 Å². The van der Waals surface area contributed by atoms with Crippen molar-refractivity contribution in [1.82, 2.24) is 14.5 Å². The van der Waals surface area contributed by atoms with Gasteiger partial charge in [-0.05, 0) is 43.0 Å². The first-order valence-corrected chi connectivity index (χ1v) is 10.5. The zero-order valence-electron chi connectivity index (χ0n) is 15.8. The van der Waals surface area contributed by atoms with E-state index in [1.807, 2.05) is 0 Å². The van der Waals surface area contributed by atoms with Gasteiger partial charge in [-0.1, -0.05) is 25.2 Å². The highest BCUT2D eigenvalue weighted by molar-refractivity contribution is 7.89. The number of sulfonamides is 1. The largest absolute Gasteiger partial charge is 0.296 e. The van der Waals surface area contributed by atoms with Gasteiger partial charge < -0.3 is 0 Å². The van der Waals surface area contributed by atoms with Crippen molar-refractivity contribution < 1.29 is 13.2 Å². The Hall–Kier alpha value is -1.84. The Labute approximate surface area is 158 Å². The van der Waals surface area contributed by atoms with Gasteiger partial charge in [0.25, 0.3) is 5.91 Å². The summed E-state index contributed by atoms with van der Waals surface area (Å²) in [6, 6.07) is 3.08. The highest BCUT2D eigenvalue weighted by atomic mass is 32.2. The zero-order valence-corrected chi connectivity index (χ0v) is 17.5. The Morgan fingerprint density at radius 3 is 2.46 bits per heavy atom. The summed E-state index contributed by atoms with van der Waals surface area (Å²) in [4.78, 5) is 12.7. The standard InChI is InChI=1S/C17H24N4O3S2/c1-10(2)7-15-19-20-17(25-15)18-16(22)13-8-11(3)12(4)14(9-13)26(23,24)21(5)6/h8-10H,7H2,1-6H3,(H,18,20,22). The van der Waals surface area contributed by atoms with Gasteiger partial charge in [0.2, 0.25) is 15.2 Å². The SMILES string of the molecule is Cc1cc(C(=O)Nc2nnc(CC(C)C)s2)cc(S(=O)(=O)N(C)C)c1C. The molecule has 1 aromatic heterocycles. The maximum Gasteiger partial charge on any atom is 0.257 e. The summed E-state index contributed by atoms with van der Waals surface area (Å²) in [5.41, 5.74) is 1.63. The van der Waals surface area contributed by atoms with Gasteiger partial charge in [-0.15, -0.1) is 10.2 Å². The molecule has 0 saturated heterocycles. The molecule has 0 aliphatic rings. The lowest BCUT2D eigenvalue weighted by molar-refractivity contribution is 0.102. The van der Waals surface area contributed by atoms with E-state index in [1.54, 1.807) is 19.9 Å². The fraction of sp³-hybridized carbons (Fsp3) is 0.471. The molecule has 1 amide bonds. The van der Waals surface area contributed by atoms with Crippen LogP contribution < -0.4 is 5.32 Å². The number of aromatic nitrogens is 2. The van der Waals surface area contributed by atoms with Gasteiger partial charge in [-0.25, -0.2) is 12.7 Å². The van der Waals surface area contributed by atoms with Crippen molar-refractivity contribution in [2.75, 3.05) is 19.4 Å². The number of benzene rings is 1. The van der Waals surface area contributed by atoms with E-state index < -0.39 is 15.9 Å².